The number of anilines is 1. The van der Waals surface area contributed by atoms with E-state index < -0.39 is 10.4 Å². The summed E-state index contributed by atoms with van der Waals surface area (Å²) in [6, 6.07) is 9.97. The van der Waals surface area contributed by atoms with Crippen molar-refractivity contribution >= 4 is 16.1 Å². The maximum atomic E-state index is 8.84. The van der Waals surface area contributed by atoms with Gasteiger partial charge in [0.15, 0.2) is 0 Å². The smallest absolute Gasteiger partial charge is 0.394 e. The molecule has 0 heterocycles. The second-order valence-electron chi connectivity index (χ2n) is 3.17. The van der Waals surface area contributed by atoms with E-state index in [4.69, 9.17) is 22.6 Å². The van der Waals surface area contributed by atoms with Crippen LogP contribution in [0.3, 0.4) is 0 Å². The van der Waals surface area contributed by atoms with Crippen molar-refractivity contribution in [2.75, 3.05) is 24.7 Å². The zero-order valence-corrected chi connectivity index (χ0v) is 10.8. The molecule has 1 aromatic rings. The highest BCUT2D eigenvalue weighted by Crippen LogP contribution is 2.09. The zero-order chi connectivity index (χ0) is 14.0. The number of rotatable bonds is 5. The second kappa shape index (κ2) is 8.84. The highest BCUT2D eigenvalue weighted by atomic mass is 32.3. The number of benzene rings is 1. The first-order valence-electron chi connectivity index (χ1n) is 5.25. The summed E-state index contributed by atoms with van der Waals surface area (Å²) in [7, 11) is -4.67. The van der Waals surface area contributed by atoms with Gasteiger partial charge in [-0.1, -0.05) is 25.1 Å². The van der Waals surface area contributed by atoms with E-state index in [9.17, 15) is 0 Å². The average Bonchev–Trinajstić information content (AvgIpc) is 2.28. The van der Waals surface area contributed by atoms with Crippen molar-refractivity contribution in [2.45, 2.75) is 6.92 Å². The van der Waals surface area contributed by atoms with Gasteiger partial charge in [-0.05, 0) is 12.1 Å². The lowest BCUT2D eigenvalue weighted by molar-refractivity contribution is 0.297. The van der Waals surface area contributed by atoms with Crippen LogP contribution in [0.4, 0.5) is 5.69 Å². The Balaban J connectivity index is 0.000000494. The van der Waals surface area contributed by atoms with Gasteiger partial charge in [0.2, 0.25) is 0 Å². The van der Waals surface area contributed by atoms with Crippen LogP contribution in [0.2, 0.25) is 0 Å². The molecule has 1 rings (SSSR count). The van der Waals surface area contributed by atoms with E-state index in [-0.39, 0.29) is 6.61 Å². The molecule has 0 bridgehead atoms. The SMILES string of the molecule is CCNN(CCO)c1ccccc1.O=S(=O)(O)O. The molecule has 0 radical (unpaired) electrons. The van der Waals surface area contributed by atoms with E-state index in [1.165, 1.54) is 0 Å². The molecule has 0 saturated carbocycles. The molecule has 1 aromatic carbocycles. The Morgan fingerprint density at radius 1 is 1.22 bits per heavy atom. The van der Waals surface area contributed by atoms with E-state index in [2.05, 4.69) is 5.43 Å². The minimum absolute atomic E-state index is 0.155. The lowest BCUT2D eigenvalue weighted by atomic mass is 10.3. The van der Waals surface area contributed by atoms with Crippen molar-refractivity contribution in [3.8, 4) is 0 Å². The predicted octanol–water partition coefficient (Wildman–Crippen LogP) is 0.357. The monoisotopic (exact) mass is 278 g/mol. The van der Waals surface area contributed by atoms with Gasteiger partial charge in [-0.3, -0.25) is 9.11 Å². The maximum absolute atomic E-state index is 8.84. The summed E-state index contributed by atoms with van der Waals surface area (Å²) in [5.74, 6) is 0. The minimum Gasteiger partial charge on any atom is -0.394 e. The number of nitrogens with one attached hydrogen (secondary N) is 1. The van der Waals surface area contributed by atoms with E-state index >= 15 is 0 Å². The third-order valence-electron chi connectivity index (χ3n) is 1.74. The first-order valence-corrected chi connectivity index (χ1v) is 6.65. The Morgan fingerprint density at radius 3 is 2.11 bits per heavy atom. The quantitative estimate of drug-likeness (QED) is 0.454. The van der Waals surface area contributed by atoms with Gasteiger partial charge in [-0.2, -0.15) is 8.42 Å². The van der Waals surface area contributed by atoms with Gasteiger partial charge in [-0.15, -0.1) is 0 Å². The van der Waals surface area contributed by atoms with Crippen LogP contribution in [-0.2, 0) is 10.4 Å². The molecule has 0 spiro atoms. The van der Waals surface area contributed by atoms with Crippen LogP contribution in [0.5, 0.6) is 0 Å². The normalized spacial score (nSPS) is 10.4. The Hall–Kier alpha value is -1.19. The summed E-state index contributed by atoms with van der Waals surface area (Å²) in [4.78, 5) is 0. The van der Waals surface area contributed by atoms with E-state index in [1.54, 1.807) is 0 Å². The minimum atomic E-state index is -4.67. The van der Waals surface area contributed by atoms with Crippen LogP contribution in [0, 0.1) is 0 Å². The van der Waals surface area contributed by atoms with Crippen molar-refractivity contribution in [3.05, 3.63) is 30.3 Å². The zero-order valence-electron chi connectivity index (χ0n) is 10.0. The lowest BCUT2D eigenvalue weighted by Crippen LogP contribution is -2.39. The number of hydrazine groups is 1. The molecule has 0 atom stereocenters. The van der Waals surface area contributed by atoms with Crippen LogP contribution in [-0.4, -0.2) is 42.3 Å². The van der Waals surface area contributed by atoms with Crippen molar-refractivity contribution in [2.24, 2.45) is 0 Å². The molecule has 18 heavy (non-hydrogen) atoms. The van der Waals surface area contributed by atoms with Crippen molar-refractivity contribution < 1.29 is 22.6 Å². The fraction of sp³-hybridized carbons (Fsp3) is 0.400. The summed E-state index contributed by atoms with van der Waals surface area (Å²) in [6.07, 6.45) is 0. The first kappa shape index (κ1) is 16.8. The highest BCUT2D eigenvalue weighted by molar-refractivity contribution is 7.79. The second-order valence-corrected chi connectivity index (χ2v) is 4.07. The van der Waals surface area contributed by atoms with Crippen LogP contribution in [0.25, 0.3) is 0 Å². The summed E-state index contributed by atoms with van der Waals surface area (Å²) >= 11 is 0. The third kappa shape index (κ3) is 10.00. The summed E-state index contributed by atoms with van der Waals surface area (Å²) in [5.41, 5.74) is 4.26. The number of hydrogen-bond acceptors (Lipinski definition) is 5. The van der Waals surface area contributed by atoms with Crippen molar-refractivity contribution in [1.29, 1.82) is 0 Å². The van der Waals surface area contributed by atoms with Gasteiger partial charge in [0.1, 0.15) is 0 Å². The van der Waals surface area contributed by atoms with Gasteiger partial charge in [0.25, 0.3) is 0 Å². The van der Waals surface area contributed by atoms with Crippen LogP contribution >= 0.6 is 0 Å². The van der Waals surface area contributed by atoms with Gasteiger partial charge < -0.3 is 10.1 Å². The summed E-state index contributed by atoms with van der Waals surface area (Å²) < 4.78 is 31.6. The number of aliphatic hydroxyl groups is 1. The van der Waals surface area contributed by atoms with E-state index in [0.717, 1.165) is 12.2 Å². The molecular weight excluding hydrogens is 260 g/mol. The molecule has 0 aliphatic carbocycles. The van der Waals surface area contributed by atoms with Crippen molar-refractivity contribution in [1.82, 2.24) is 5.43 Å². The number of nitrogens with zero attached hydrogens (tertiary/aromatic N) is 1. The van der Waals surface area contributed by atoms with Gasteiger partial charge >= 0.3 is 10.4 Å². The Bertz CT molecular complexity index is 396. The molecule has 0 aliphatic rings. The molecule has 0 saturated heterocycles. The van der Waals surface area contributed by atoms with Crippen LogP contribution in [0.1, 0.15) is 6.92 Å². The largest absolute Gasteiger partial charge is 0.394 e. The van der Waals surface area contributed by atoms with Gasteiger partial charge in [0.05, 0.1) is 18.8 Å². The molecule has 7 nitrogen and oxygen atoms in total. The molecule has 0 aromatic heterocycles. The number of hydrogen-bond donors (Lipinski definition) is 4. The van der Waals surface area contributed by atoms with E-state index in [1.807, 2.05) is 42.3 Å². The summed E-state index contributed by atoms with van der Waals surface area (Å²) in [5, 5.41) is 10.8. The molecule has 0 fully saturated rings. The predicted molar refractivity (Wildman–Crippen MR) is 68.7 cm³/mol. The fourth-order valence-electron chi connectivity index (χ4n) is 1.20. The molecule has 104 valence electrons. The summed E-state index contributed by atoms with van der Waals surface area (Å²) in [6.45, 7) is 3.65. The molecular formula is C10H18N2O5S. The molecule has 0 unspecified atom stereocenters. The Kier molecular flexibility index (Phi) is 8.25. The molecule has 4 N–H and O–H groups in total. The average molecular weight is 278 g/mol. The first-order chi connectivity index (χ1) is 8.38. The molecule has 0 amide bonds. The van der Waals surface area contributed by atoms with Crippen LogP contribution in [0.15, 0.2) is 30.3 Å². The van der Waals surface area contributed by atoms with Gasteiger partial charge in [0, 0.05) is 6.54 Å². The molecule has 0 aliphatic heterocycles. The standard InChI is InChI=1S/C10H16N2O.H2O4S/c1-2-11-12(8-9-13)10-6-4-3-5-7-10;1-5(2,3)4/h3-7,11,13H,2,8-9H2,1H3;(H2,1,2,3,4). The number of aliphatic hydroxyl groups excluding tert-OH is 1. The Morgan fingerprint density at radius 2 is 1.72 bits per heavy atom. The third-order valence-corrected chi connectivity index (χ3v) is 1.74. The van der Waals surface area contributed by atoms with Crippen molar-refractivity contribution in [3.63, 3.8) is 0 Å². The van der Waals surface area contributed by atoms with Crippen LogP contribution < -0.4 is 10.4 Å². The Labute approximate surface area is 107 Å². The van der Waals surface area contributed by atoms with Gasteiger partial charge in [-0.25, -0.2) is 5.43 Å². The maximum Gasteiger partial charge on any atom is 0.394 e. The molecule has 8 heteroatoms. The number of para-hydroxylation sites is 1. The van der Waals surface area contributed by atoms with E-state index in [0.29, 0.717) is 6.54 Å². The fourth-order valence-corrected chi connectivity index (χ4v) is 1.20. The highest BCUT2D eigenvalue weighted by Gasteiger charge is 2.01. The lowest BCUT2D eigenvalue weighted by Gasteiger charge is -2.23. The topological polar surface area (TPSA) is 110 Å².